The highest BCUT2D eigenvalue weighted by Gasteiger charge is 2.22. The van der Waals surface area contributed by atoms with E-state index < -0.39 is 0 Å². The molecule has 0 aliphatic carbocycles. The van der Waals surface area contributed by atoms with Gasteiger partial charge in [0.1, 0.15) is 5.75 Å². The Hall–Kier alpha value is -1.59. The van der Waals surface area contributed by atoms with Crippen LogP contribution in [-0.2, 0) is 16.0 Å². The van der Waals surface area contributed by atoms with Gasteiger partial charge < -0.3 is 15.2 Å². The Morgan fingerprint density at radius 1 is 1.29 bits per heavy atom. The molecule has 1 amide bonds. The Morgan fingerprint density at radius 2 is 1.90 bits per heavy atom. The predicted molar refractivity (Wildman–Crippen MR) is 81.3 cm³/mol. The molecule has 1 fully saturated rings. The van der Waals surface area contributed by atoms with Gasteiger partial charge in [-0.05, 0) is 38.0 Å². The van der Waals surface area contributed by atoms with Crippen LogP contribution >= 0.6 is 0 Å². The summed E-state index contributed by atoms with van der Waals surface area (Å²) in [6, 6.07) is 7.10. The molecule has 1 aromatic carbocycles. The van der Waals surface area contributed by atoms with Crippen LogP contribution in [0.15, 0.2) is 24.3 Å². The standard InChI is InChI=1S/C16H24N2O3/c1-16(2,11-13-3-5-14(19)6-4-13)17-15(20)12-18-7-9-21-10-8-18/h3-6,19H,7-12H2,1-2H3,(H,17,20). The number of nitrogens with zero attached hydrogens (tertiary/aromatic N) is 1. The lowest BCUT2D eigenvalue weighted by Crippen LogP contribution is -2.50. The number of hydrogen-bond donors (Lipinski definition) is 2. The van der Waals surface area contributed by atoms with Gasteiger partial charge in [0.15, 0.2) is 0 Å². The molecule has 1 aliphatic heterocycles. The fourth-order valence-corrected chi connectivity index (χ4v) is 2.55. The maximum atomic E-state index is 12.1. The summed E-state index contributed by atoms with van der Waals surface area (Å²) < 4.78 is 5.28. The van der Waals surface area contributed by atoms with Gasteiger partial charge in [-0.15, -0.1) is 0 Å². The topological polar surface area (TPSA) is 61.8 Å². The van der Waals surface area contributed by atoms with Crippen molar-refractivity contribution in [3.8, 4) is 5.75 Å². The first-order valence-corrected chi connectivity index (χ1v) is 7.34. The second kappa shape index (κ2) is 6.91. The number of rotatable bonds is 5. The monoisotopic (exact) mass is 292 g/mol. The van der Waals surface area contributed by atoms with E-state index in [4.69, 9.17) is 4.74 Å². The van der Waals surface area contributed by atoms with E-state index >= 15 is 0 Å². The van der Waals surface area contributed by atoms with Gasteiger partial charge in [0.05, 0.1) is 19.8 Å². The van der Waals surface area contributed by atoms with Crippen molar-refractivity contribution in [3.63, 3.8) is 0 Å². The zero-order valence-electron chi connectivity index (χ0n) is 12.8. The fourth-order valence-electron chi connectivity index (χ4n) is 2.55. The summed E-state index contributed by atoms with van der Waals surface area (Å²) in [4.78, 5) is 14.2. The molecule has 2 rings (SSSR count). The summed E-state index contributed by atoms with van der Waals surface area (Å²) in [6.07, 6.45) is 0.724. The van der Waals surface area contributed by atoms with E-state index in [0.29, 0.717) is 19.8 Å². The molecule has 2 N–H and O–H groups in total. The number of phenolic OH excluding ortho intramolecular Hbond substituents is 1. The average molecular weight is 292 g/mol. The van der Waals surface area contributed by atoms with Crippen LogP contribution in [-0.4, -0.2) is 54.3 Å². The zero-order valence-corrected chi connectivity index (χ0v) is 12.8. The molecule has 5 nitrogen and oxygen atoms in total. The number of nitrogens with one attached hydrogen (secondary N) is 1. The molecule has 0 saturated carbocycles. The molecule has 0 spiro atoms. The molecule has 1 saturated heterocycles. The molecule has 1 aliphatic rings. The normalized spacial score (nSPS) is 16.7. The summed E-state index contributed by atoms with van der Waals surface area (Å²) >= 11 is 0. The van der Waals surface area contributed by atoms with E-state index in [9.17, 15) is 9.90 Å². The SMILES string of the molecule is CC(C)(Cc1ccc(O)cc1)NC(=O)CN1CCOCC1. The van der Waals surface area contributed by atoms with Crippen LogP contribution in [0, 0.1) is 0 Å². The number of hydrogen-bond acceptors (Lipinski definition) is 4. The van der Waals surface area contributed by atoms with Crippen molar-refractivity contribution in [2.24, 2.45) is 0 Å². The summed E-state index contributed by atoms with van der Waals surface area (Å²) in [6.45, 7) is 7.46. The molecule has 5 heteroatoms. The van der Waals surface area contributed by atoms with Crippen LogP contribution in [0.3, 0.4) is 0 Å². The van der Waals surface area contributed by atoms with Gasteiger partial charge in [-0.2, -0.15) is 0 Å². The second-order valence-corrected chi connectivity index (χ2v) is 6.16. The minimum atomic E-state index is -0.319. The Kier molecular flexibility index (Phi) is 5.20. The molecule has 0 bridgehead atoms. The molecule has 1 aromatic rings. The van der Waals surface area contributed by atoms with Gasteiger partial charge in [0.25, 0.3) is 0 Å². The Morgan fingerprint density at radius 3 is 2.52 bits per heavy atom. The number of amides is 1. The van der Waals surface area contributed by atoms with Gasteiger partial charge >= 0.3 is 0 Å². The maximum absolute atomic E-state index is 12.1. The minimum absolute atomic E-state index is 0.0423. The van der Waals surface area contributed by atoms with Crippen molar-refractivity contribution < 1.29 is 14.6 Å². The lowest BCUT2D eigenvalue weighted by molar-refractivity contribution is -0.124. The molecule has 21 heavy (non-hydrogen) atoms. The first kappa shape index (κ1) is 15.8. The number of aromatic hydroxyl groups is 1. The van der Waals surface area contributed by atoms with Crippen molar-refractivity contribution >= 4 is 5.91 Å². The largest absolute Gasteiger partial charge is 0.508 e. The number of phenols is 1. The van der Waals surface area contributed by atoms with Gasteiger partial charge in [-0.3, -0.25) is 9.69 Å². The second-order valence-electron chi connectivity index (χ2n) is 6.16. The maximum Gasteiger partial charge on any atom is 0.234 e. The number of carbonyl (C=O) groups is 1. The summed E-state index contributed by atoms with van der Waals surface area (Å²) in [7, 11) is 0. The molecule has 116 valence electrons. The molecule has 1 heterocycles. The average Bonchev–Trinajstić information content (AvgIpc) is 2.41. The van der Waals surface area contributed by atoms with Crippen LogP contribution < -0.4 is 5.32 Å². The fraction of sp³-hybridized carbons (Fsp3) is 0.562. The van der Waals surface area contributed by atoms with Crippen LogP contribution in [0.25, 0.3) is 0 Å². The van der Waals surface area contributed by atoms with Crippen LogP contribution in [0.5, 0.6) is 5.75 Å². The van der Waals surface area contributed by atoms with Crippen LogP contribution in [0.1, 0.15) is 19.4 Å². The van der Waals surface area contributed by atoms with Crippen molar-refractivity contribution in [1.82, 2.24) is 10.2 Å². The number of benzene rings is 1. The predicted octanol–water partition coefficient (Wildman–Crippen LogP) is 1.16. The van der Waals surface area contributed by atoms with E-state index in [1.165, 1.54) is 0 Å². The third kappa shape index (κ3) is 5.36. The van der Waals surface area contributed by atoms with E-state index in [1.807, 2.05) is 26.0 Å². The van der Waals surface area contributed by atoms with Crippen molar-refractivity contribution in [1.29, 1.82) is 0 Å². The third-order valence-electron chi connectivity index (χ3n) is 3.53. The van der Waals surface area contributed by atoms with Crippen LogP contribution in [0.2, 0.25) is 0 Å². The van der Waals surface area contributed by atoms with Gasteiger partial charge in [-0.25, -0.2) is 0 Å². The Bertz CT molecular complexity index is 465. The van der Waals surface area contributed by atoms with Crippen molar-refractivity contribution in [2.45, 2.75) is 25.8 Å². The molecular weight excluding hydrogens is 268 g/mol. The molecule has 0 aromatic heterocycles. The van der Waals surface area contributed by atoms with E-state index in [-0.39, 0.29) is 17.2 Å². The zero-order chi connectivity index (χ0) is 15.3. The van der Waals surface area contributed by atoms with E-state index in [1.54, 1.807) is 12.1 Å². The number of morpholine rings is 1. The third-order valence-corrected chi connectivity index (χ3v) is 3.53. The minimum Gasteiger partial charge on any atom is -0.508 e. The summed E-state index contributed by atoms with van der Waals surface area (Å²) in [5.74, 6) is 0.300. The highest BCUT2D eigenvalue weighted by Crippen LogP contribution is 2.16. The van der Waals surface area contributed by atoms with Crippen molar-refractivity contribution in [2.75, 3.05) is 32.8 Å². The lowest BCUT2D eigenvalue weighted by Gasteiger charge is -2.30. The Balaban J connectivity index is 1.84. The lowest BCUT2D eigenvalue weighted by atomic mass is 9.95. The number of ether oxygens (including phenoxy) is 1. The first-order valence-electron chi connectivity index (χ1n) is 7.34. The van der Waals surface area contributed by atoms with Gasteiger partial charge in [0.2, 0.25) is 5.91 Å². The van der Waals surface area contributed by atoms with E-state index in [2.05, 4.69) is 10.2 Å². The number of carbonyl (C=O) groups excluding carboxylic acids is 1. The van der Waals surface area contributed by atoms with Gasteiger partial charge in [0, 0.05) is 18.6 Å². The smallest absolute Gasteiger partial charge is 0.234 e. The Labute approximate surface area is 125 Å². The highest BCUT2D eigenvalue weighted by molar-refractivity contribution is 5.78. The van der Waals surface area contributed by atoms with Crippen LogP contribution in [0.4, 0.5) is 0 Å². The molecule has 0 atom stereocenters. The summed E-state index contributed by atoms with van der Waals surface area (Å²) in [5.41, 5.74) is 0.768. The van der Waals surface area contributed by atoms with Crippen molar-refractivity contribution in [3.05, 3.63) is 29.8 Å². The van der Waals surface area contributed by atoms with Gasteiger partial charge in [-0.1, -0.05) is 12.1 Å². The molecule has 0 unspecified atom stereocenters. The highest BCUT2D eigenvalue weighted by atomic mass is 16.5. The quantitative estimate of drug-likeness (QED) is 0.855. The first-order chi connectivity index (χ1) is 9.94. The molecular formula is C16H24N2O3. The van der Waals surface area contributed by atoms with E-state index in [0.717, 1.165) is 25.1 Å². The molecule has 0 radical (unpaired) electrons. The summed E-state index contributed by atoms with van der Waals surface area (Å²) in [5, 5.41) is 12.4.